The van der Waals surface area contributed by atoms with Gasteiger partial charge in [0.15, 0.2) is 45.9 Å². The number of hydrogen-bond acceptors (Lipinski definition) is 14. The zero-order valence-corrected chi connectivity index (χ0v) is 30.4. The van der Waals surface area contributed by atoms with Crippen LogP contribution in [0.2, 0.25) is 0 Å². The fourth-order valence-electron chi connectivity index (χ4n) is 8.31. The van der Waals surface area contributed by atoms with Crippen LogP contribution in [0.25, 0.3) is 100 Å². The zero-order valence-electron chi connectivity index (χ0n) is 30.4. The van der Waals surface area contributed by atoms with Gasteiger partial charge in [-0.05, 0) is 40.3 Å². The molecule has 5 heterocycles. The predicted octanol–water partition coefficient (Wildman–Crippen LogP) is 7.60. The van der Waals surface area contributed by atoms with Crippen molar-refractivity contribution < 1.29 is 54.4 Å². The van der Waals surface area contributed by atoms with Gasteiger partial charge in [0, 0.05) is 43.8 Å². The summed E-state index contributed by atoms with van der Waals surface area (Å²) in [6.45, 7) is 0. The second kappa shape index (κ2) is 11.7. The number of nitrogens with zero attached hydrogens (tertiary/aromatic N) is 3. The van der Waals surface area contributed by atoms with Crippen molar-refractivity contribution in [2.45, 2.75) is 0 Å². The number of rotatable bonds is 4. The summed E-state index contributed by atoms with van der Waals surface area (Å²) in [6, 6.07) is 30.6. The van der Waals surface area contributed by atoms with Gasteiger partial charge in [0.2, 0.25) is 41.8 Å². The number of phenolic OH excluding ortho intramolecular Hbond substituents is 7. The standard InChI is InChI=1S/C45H23BN3O11/c50-32-29(39-25-26-27-30(33(51)35(53)37(55)41(27)58-40(26)32)46-31-28(25)42(60-59-39)38(56)36(54)34(31)52)45-48-43(19-12-10-18(11-13-19)17-6-2-1-3-7-17)47-44(49-45)20-14-15-22-21-8-4-5-9-23(21)57-24(22)16-20/h1-16,50-56H. The minimum Gasteiger partial charge on any atom is -0.505 e. The molecule has 60 heavy (non-hydrogen) atoms. The summed E-state index contributed by atoms with van der Waals surface area (Å²) < 4.78 is 12.3. The molecule has 0 fully saturated rings. The van der Waals surface area contributed by atoms with Gasteiger partial charge in [0.25, 0.3) is 0 Å². The first-order chi connectivity index (χ1) is 29.2. The largest absolute Gasteiger partial charge is 0.505 e. The molecule has 10 aromatic rings. The molecule has 0 amide bonds. The van der Waals surface area contributed by atoms with Crippen molar-refractivity contribution in [1.82, 2.24) is 15.0 Å². The lowest BCUT2D eigenvalue weighted by Crippen LogP contribution is -2.30. The van der Waals surface area contributed by atoms with Crippen LogP contribution in [0.1, 0.15) is 0 Å². The molecule has 15 heteroatoms. The van der Waals surface area contributed by atoms with E-state index in [2.05, 4.69) is 0 Å². The SMILES string of the molecule is Oc1c(O)c2c3c(c1O)OOc1c(-c4nc(-c5ccc(-c6ccccc6)cc5)nc(-c5ccc6c(c5)oc5ccccc56)n4)c(O)c4oc5c(O)c(O)c(O)c(c5c4c1-3)[B]2. The quantitative estimate of drug-likeness (QED) is 0.0518. The zero-order chi connectivity index (χ0) is 40.7. The first-order valence-electron chi connectivity index (χ1n) is 18.4. The summed E-state index contributed by atoms with van der Waals surface area (Å²) in [6.07, 6.45) is 0. The van der Waals surface area contributed by atoms with Crippen LogP contribution in [0.5, 0.6) is 51.7 Å². The van der Waals surface area contributed by atoms with E-state index in [0.717, 1.165) is 21.9 Å². The van der Waals surface area contributed by atoms with Gasteiger partial charge in [-0.2, -0.15) is 0 Å². The van der Waals surface area contributed by atoms with E-state index in [1.807, 2.05) is 91.0 Å². The van der Waals surface area contributed by atoms with Crippen LogP contribution in [0, 0.1) is 0 Å². The van der Waals surface area contributed by atoms with E-state index in [-0.39, 0.29) is 72.8 Å². The minimum absolute atomic E-state index is 0.00315. The van der Waals surface area contributed by atoms with Crippen LogP contribution in [0.15, 0.2) is 106 Å². The Morgan fingerprint density at radius 2 is 1.00 bits per heavy atom. The normalized spacial score (nSPS) is 12.5. The molecule has 0 spiro atoms. The average molecular weight is 793 g/mol. The number of hydrogen-bond donors (Lipinski definition) is 7. The molecule has 0 aliphatic carbocycles. The Hall–Kier alpha value is -8.59. The van der Waals surface area contributed by atoms with Crippen molar-refractivity contribution in [2.24, 2.45) is 0 Å². The molecule has 2 aliphatic heterocycles. The lowest BCUT2D eigenvalue weighted by atomic mass is 9.61. The highest BCUT2D eigenvalue weighted by atomic mass is 17.2. The smallest absolute Gasteiger partial charge is 0.231 e. The van der Waals surface area contributed by atoms with Gasteiger partial charge in [0.05, 0.1) is 0 Å². The van der Waals surface area contributed by atoms with Crippen molar-refractivity contribution in [3.8, 4) is 108 Å². The Kier molecular flexibility index (Phi) is 6.56. The van der Waals surface area contributed by atoms with Gasteiger partial charge in [-0.15, -0.1) is 0 Å². The Balaban J connectivity index is 1.17. The molecule has 7 aromatic carbocycles. The maximum absolute atomic E-state index is 12.3. The van der Waals surface area contributed by atoms with Crippen molar-refractivity contribution in [3.63, 3.8) is 0 Å². The van der Waals surface area contributed by atoms with Gasteiger partial charge in [-0.3, -0.25) is 9.78 Å². The van der Waals surface area contributed by atoms with Crippen molar-refractivity contribution in [2.75, 3.05) is 0 Å². The fraction of sp³-hybridized carbons (Fsp3) is 0. The number of para-hydroxylation sites is 1. The summed E-state index contributed by atoms with van der Waals surface area (Å²) in [5.74, 6) is -6.24. The Morgan fingerprint density at radius 1 is 0.400 bits per heavy atom. The van der Waals surface area contributed by atoms with E-state index in [9.17, 15) is 35.7 Å². The highest BCUT2D eigenvalue weighted by Gasteiger charge is 2.42. The van der Waals surface area contributed by atoms with Crippen molar-refractivity contribution in [1.29, 1.82) is 0 Å². The molecule has 2 aliphatic rings. The number of phenols is 7. The number of aromatic nitrogens is 3. The molecule has 12 rings (SSSR count). The summed E-state index contributed by atoms with van der Waals surface area (Å²) in [7, 11) is 1.21. The predicted molar refractivity (Wildman–Crippen MR) is 219 cm³/mol. The van der Waals surface area contributed by atoms with Crippen LogP contribution in [-0.4, -0.2) is 58.0 Å². The van der Waals surface area contributed by atoms with Crippen LogP contribution >= 0.6 is 0 Å². The van der Waals surface area contributed by atoms with Gasteiger partial charge in [-0.25, -0.2) is 15.0 Å². The third kappa shape index (κ3) is 4.39. The molecule has 0 saturated carbocycles. The molecule has 1 radical (unpaired) electrons. The average Bonchev–Trinajstić information content (AvgIpc) is 3.82. The number of furan rings is 2. The maximum atomic E-state index is 12.3. The Bertz CT molecular complexity index is 3550. The first-order valence-corrected chi connectivity index (χ1v) is 18.4. The number of aromatic hydroxyl groups is 7. The first kappa shape index (κ1) is 33.5. The second-order valence-corrected chi connectivity index (χ2v) is 14.4. The summed E-state index contributed by atoms with van der Waals surface area (Å²) >= 11 is 0. The van der Waals surface area contributed by atoms with E-state index in [1.54, 1.807) is 6.07 Å². The molecule has 0 unspecified atom stereocenters. The number of benzene rings is 7. The van der Waals surface area contributed by atoms with E-state index in [4.69, 9.17) is 33.6 Å². The lowest BCUT2D eigenvalue weighted by molar-refractivity contribution is -0.103. The molecular weight excluding hydrogens is 769 g/mol. The highest BCUT2D eigenvalue weighted by molar-refractivity contribution is 6.75. The monoisotopic (exact) mass is 792 g/mol. The maximum Gasteiger partial charge on any atom is 0.231 e. The minimum atomic E-state index is -0.959. The second-order valence-electron chi connectivity index (χ2n) is 14.4. The number of fused-ring (bicyclic) bond motifs is 3. The van der Waals surface area contributed by atoms with Gasteiger partial charge < -0.3 is 44.6 Å². The van der Waals surface area contributed by atoms with E-state index >= 15 is 0 Å². The molecule has 0 bridgehead atoms. The summed E-state index contributed by atoms with van der Waals surface area (Å²) in [5.41, 5.74) is 3.21. The van der Waals surface area contributed by atoms with Gasteiger partial charge >= 0.3 is 0 Å². The van der Waals surface area contributed by atoms with Crippen LogP contribution in [0.3, 0.4) is 0 Å². The third-order valence-corrected chi connectivity index (χ3v) is 11.2. The molecule has 7 N–H and O–H groups in total. The fourth-order valence-corrected chi connectivity index (χ4v) is 8.31. The van der Waals surface area contributed by atoms with E-state index in [0.29, 0.717) is 22.3 Å². The van der Waals surface area contributed by atoms with Crippen molar-refractivity contribution in [3.05, 3.63) is 97.1 Å². The Labute approximate surface area is 335 Å². The molecule has 3 aromatic heterocycles. The van der Waals surface area contributed by atoms with Crippen molar-refractivity contribution >= 4 is 62.1 Å². The summed E-state index contributed by atoms with van der Waals surface area (Å²) in [5, 5.41) is 80.2. The molecule has 14 nitrogen and oxygen atoms in total. The topological polar surface area (TPSA) is 225 Å². The van der Waals surface area contributed by atoms with Crippen LogP contribution in [0.4, 0.5) is 0 Å². The third-order valence-electron chi connectivity index (χ3n) is 11.2. The van der Waals surface area contributed by atoms with Crippen LogP contribution < -0.4 is 20.7 Å². The van der Waals surface area contributed by atoms with E-state index in [1.165, 1.54) is 7.28 Å². The highest BCUT2D eigenvalue weighted by Crippen LogP contribution is 2.61. The summed E-state index contributed by atoms with van der Waals surface area (Å²) in [4.78, 5) is 26.1. The van der Waals surface area contributed by atoms with E-state index < -0.39 is 46.0 Å². The van der Waals surface area contributed by atoms with Gasteiger partial charge in [0.1, 0.15) is 16.7 Å². The van der Waals surface area contributed by atoms with Gasteiger partial charge in [-0.1, -0.05) is 78.9 Å². The lowest BCUT2D eigenvalue weighted by Gasteiger charge is -2.25. The molecule has 0 atom stereocenters. The van der Waals surface area contributed by atoms with Crippen LogP contribution in [-0.2, 0) is 0 Å². The molecule has 0 saturated heterocycles. The molecular formula is C45H23BN3O11. The molecule has 287 valence electrons. The Morgan fingerprint density at radius 3 is 1.80 bits per heavy atom.